The van der Waals surface area contributed by atoms with Crippen molar-refractivity contribution in [3.8, 4) is 5.75 Å². The predicted octanol–water partition coefficient (Wildman–Crippen LogP) is 1.56. The summed E-state index contributed by atoms with van der Waals surface area (Å²) in [7, 11) is 1.25. The number of aryl methyl sites for hydroxylation is 1. The van der Waals surface area contributed by atoms with Crippen LogP contribution in [0, 0.1) is 17.0 Å². The first-order valence-electron chi connectivity index (χ1n) is 6.03. The average Bonchev–Trinajstić information content (AvgIpc) is 2.39. The molecule has 0 radical (unpaired) electrons. The molecule has 2 N–H and O–H groups in total. The number of carbonyl (C=O) groups is 1. The highest BCUT2D eigenvalue weighted by Crippen LogP contribution is 2.30. The summed E-state index contributed by atoms with van der Waals surface area (Å²) in [6.45, 7) is 3.31. The lowest BCUT2D eigenvalue weighted by Gasteiger charge is -2.21. The second-order valence-corrected chi connectivity index (χ2v) is 4.69. The van der Waals surface area contributed by atoms with E-state index < -0.39 is 16.4 Å². The Morgan fingerprint density at radius 1 is 1.50 bits per heavy atom. The zero-order valence-electron chi connectivity index (χ0n) is 11.7. The third kappa shape index (κ3) is 3.67. The molecule has 0 aromatic heterocycles. The highest BCUT2D eigenvalue weighted by molar-refractivity contribution is 5.79. The van der Waals surface area contributed by atoms with Gasteiger partial charge in [-0.05, 0) is 19.4 Å². The Kier molecular flexibility index (Phi) is 5.04. The van der Waals surface area contributed by atoms with Crippen LogP contribution in [0.4, 0.5) is 5.69 Å². The van der Waals surface area contributed by atoms with Gasteiger partial charge in [0.05, 0.1) is 18.6 Å². The first-order chi connectivity index (χ1) is 9.29. The summed E-state index contributed by atoms with van der Waals surface area (Å²) >= 11 is 0. The number of hydrogen-bond donors (Lipinski definition) is 1. The molecule has 0 heterocycles. The number of hydrogen-bond acceptors (Lipinski definition) is 6. The van der Waals surface area contributed by atoms with Gasteiger partial charge in [-0.3, -0.25) is 14.9 Å². The Bertz CT molecular complexity index is 513. The molecule has 0 aliphatic rings. The number of esters is 1. The van der Waals surface area contributed by atoms with Crippen LogP contribution in [0.15, 0.2) is 18.2 Å². The number of methoxy groups -OCH3 is 1. The molecular formula is C13H18N2O5. The van der Waals surface area contributed by atoms with Crippen LogP contribution in [0.5, 0.6) is 5.75 Å². The molecule has 0 spiro atoms. The highest BCUT2D eigenvalue weighted by atomic mass is 16.6. The van der Waals surface area contributed by atoms with Crippen molar-refractivity contribution in [2.24, 2.45) is 5.73 Å². The summed E-state index contributed by atoms with van der Waals surface area (Å²) in [6.07, 6.45) is 0.186. The standard InChI is InChI=1S/C13H18N2O5/c1-9-5-4-6-10(15(17)18)11(9)20-8-7-13(2,14)12(16)19-3/h4-6H,7-8,14H2,1-3H3. The SMILES string of the molecule is COC(=O)C(C)(N)CCOc1c(C)cccc1[N+](=O)[O-]. The van der Waals surface area contributed by atoms with E-state index in [9.17, 15) is 14.9 Å². The first-order valence-corrected chi connectivity index (χ1v) is 6.03. The fraction of sp³-hybridized carbons (Fsp3) is 0.462. The van der Waals surface area contributed by atoms with E-state index in [2.05, 4.69) is 4.74 Å². The summed E-state index contributed by atoms with van der Waals surface area (Å²) in [5.41, 5.74) is 5.13. The molecule has 1 aromatic rings. The van der Waals surface area contributed by atoms with Crippen LogP contribution >= 0.6 is 0 Å². The molecule has 0 fully saturated rings. The minimum Gasteiger partial charge on any atom is -0.487 e. The van der Waals surface area contributed by atoms with Crippen LogP contribution in [0.3, 0.4) is 0 Å². The maximum atomic E-state index is 11.4. The maximum absolute atomic E-state index is 11.4. The summed E-state index contributed by atoms with van der Waals surface area (Å²) in [5, 5.41) is 10.9. The number of para-hydroxylation sites is 1. The van der Waals surface area contributed by atoms with Gasteiger partial charge in [0, 0.05) is 12.5 Å². The first kappa shape index (κ1) is 15.9. The number of carbonyl (C=O) groups excluding carboxylic acids is 1. The molecule has 0 aliphatic carbocycles. The van der Waals surface area contributed by atoms with Gasteiger partial charge >= 0.3 is 11.7 Å². The molecule has 1 unspecified atom stereocenters. The van der Waals surface area contributed by atoms with Crippen LogP contribution < -0.4 is 10.5 Å². The van der Waals surface area contributed by atoms with Crippen molar-refractivity contribution in [2.45, 2.75) is 25.8 Å². The number of nitrogens with zero attached hydrogens (tertiary/aromatic N) is 1. The Hall–Kier alpha value is -2.15. The van der Waals surface area contributed by atoms with Crippen LogP contribution in [0.25, 0.3) is 0 Å². The minimum absolute atomic E-state index is 0.0772. The number of rotatable bonds is 6. The zero-order chi connectivity index (χ0) is 15.3. The van der Waals surface area contributed by atoms with E-state index in [1.165, 1.54) is 20.1 Å². The highest BCUT2D eigenvalue weighted by Gasteiger charge is 2.29. The number of nitrogens with two attached hydrogens (primary N) is 1. The molecule has 0 saturated carbocycles. The summed E-state index contributed by atoms with van der Waals surface area (Å²) in [5.74, 6) is -0.362. The second-order valence-electron chi connectivity index (χ2n) is 4.69. The van der Waals surface area contributed by atoms with Crippen LogP contribution in [-0.2, 0) is 9.53 Å². The van der Waals surface area contributed by atoms with Crippen LogP contribution in [0.1, 0.15) is 18.9 Å². The lowest BCUT2D eigenvalue weighted by molar-refractivity contribution is -0.385. The van der Waals surface area contributed by atoms with E-state index >= 15 is 0 Å². The summed E-state index contributed by atoms with van der Waals surface area (Å²) in [6, 6.07) is 4.66. The van der Waals surface area contributed by atoms with Crippen molar-refractivity contribution in [2.75, 3.05) is 13.7 Å². The number of nitro benzene ring substituents is 1. The largest absolute Gasteiger partial charge is 0.487 e. The van der Waals surface area contributed by atoms with Gasteiger partial charge in [0.1, 0.15) is 5.54 Å². The topological polar surface area (TPSA) is 105 Å². The molecule has 110 valence electrons. The lowest BCUT2D eigenvalue weighted by atomic mass is 10.0. The molecule has 0 bridgehead atoms. The fourth-order valence-corrected chi connectivity index (χ4v) is 1.67. The van der Waals surface area contributed by atoms with Crippen LogP contribution in [-0.4, -0.2) is 30.1 Å². The molecule has 20 heavy (non-hydrogen) atoms. The minimum atomic E-state index is -1.19. The fourth-order valence-electron chi connectivity index (χ4n) is 1.67. The Labute approximate surface area is 116 Å². The number of nitro groups is 1. The molecule has 0 saturated heterocycles. The van der Waals surface area contributed by atoms with Gasteiger partial charge in [0.15, 0.2) is 5.75 Å². The number of benzene rings is 1. The number of ether oxygens (including phenoxy) is 2. The van der Waals surface area contributed by atoms with E-state index in [-0.39, 0.29) is 24.5 Å². The Morgan fingerprint density at radius 2 is 2.15 bits per heavy atom. The van der Waals surface area contributed by atoms with Crippen molar-refractivity contribution >= 4 is 11.7 Å². The van der Waals surface area contributed by atoms with E-state index in [1.807, 2.05) is 0 Å². The van der Waals surface area contributed by atoms with Gasteiger partial charge in [-0.1, -0.05) is 12.1 Å². The van der Waals surface area contributed by atoms with Crippen molar-refractivity contribution in [1.29, 1.82) is 0 Å². The molecule has 1 rings (SSSR count). The molecule has 0 amide bonds. The molecule has 7 heteroatoms. The van der Waals surface area contributed by atoms with Gasteiger partial charge < -0.3 is 15.2 Å². The lowest BCUT2D eigenvalue weighted by Crippen LogP contribution is -2.46. The van der Waals surface area contributed by atoms with E-state index in [0.717, 1.165) is 0 Å². The van der Waals surface area contributed by atoms with Crippen molar-refractivity contribution in [1.82, 2.24) is 0 Å². The van der Waals surface area contributed by atoms with Crippen LogP contribution in [0.2, 0.25) is 0 Å². The zero-order valence-corrected chi connectivity index (χ0v) is 11.7. The summed E-state index contributed by atoms with van der Waals surface area (Å²) < 4.78 is 10.0. The Morgan fingerprint density at radius 3 is 2.70 bits per heavy atom. The van der Waals surface area contributed by atoms with Gasteiger partial charge in [-0.2, -0.15) is 0 Å². The smallest absolute Gasteiger partial charge is 0.325 e. The van der Waals surface area contributed by atoms with Gasteiger partial charge in [-0.25, -0.2) is 0 Å². The monoisotopic (exact) mass is 282 g/mol. The predicted molar refractivity (Wildman–Crippen MR) is 72.6 cm³/mol. The third-order valence-corrected chi connectivity index (χ3v) is 2.91. The van der Waals surface area contributed by atoms with Gasteiger partial charge in [-0.15, -0.1) is 0 Å². The van der Waals surface area contributed by atoms with E-state index in [0.29, 0.717) is 5.56 Å². The van der Waals surface area contributed by atoms with E-state index in [1.54, 1.807) is 19.1 Å². The molecule has 7 nitrogen and oxygen atoms in total. The average molecular weight is 282 g/mol. The second kappa shape index (κ2) is 6.33. The quantitative estimate of drug-likeness (QED) is 0.482. The maximum Gasteiger partial charge on any atom is 0.325 e. The van der Waals surface area contributed by atoms with Gasteiger partial charge in [0.25, 0.3) is 0 Å². The Balaban J connectivity index is 2.76. The molecule has 0 aliphatic heterocycles. The van der Waals surface area contributed by atoms with Crippen molar-refractivity contribution in [3.05, 3.63) is 33.9 Å². The van der Waals surface area contributed by atoms with Crippen molar-refractivity contribution < 1.29 is 19.2 Å². The van der Waals surface area contributed by atoms with Gasteiger partial charge in [0.2, 0.25) is 0 Å². The normalized spacial score (nSPS) is 13.4. The molecule has 1 aromatic carbocycles. The third-order valence-electron chi connectivity index (χ3n) is 2.91. The summed E-state index contributed by atoms with van der Waals surface area (Å²) in [4.78, 5) is 21.8. The molecular weight excluding hydrogens is 264 g/mol. The molecule has 1 atom stereocenters. The van der Waals surface area contributed by atoms with Crippen molar-refractivity contribution in [3.63, 3.8) is 0 Å². The van der Waals surface area contributed by atoms with E-state index in [4.69, 9.17) is 10.5 Å².